The highest BCUT2D eigenvalue weighted by atomic mass is 16.6. The maximum atomic E-state index is 11.7. The van der Waals surface area contributed by atoms with Crippen LogP contribution in [0.15, 0.2) is 24.3 Å². The van der Waals surface area contributed by atoms with Gasteiger partial charge in [0.15, 0.2) is 12.4 Å². The summed E-state index contributed by atoms with van der Waals surface area (Å²) in [5.41, 5.74) is 6.05. The number of carbonyl (C=O) groups is 2. The monoisotopic (exact) mass is 269 g/mol. The molecule has 0 aromatic heterocycles. The minimum Gasteiger partial charge on any atom is -0.448 e. The first kappa shape index (κ1) is 15.1. The molecule has 3 atom stereocenters. The Hall–Kier alpha value is -1.96. The van der Waals surface area contributed by atoms with Gasteiger partial charge in [0.25, 0.3) is 0 Å². The molecular weight excluding hydrogens is 254 g/mol. The molecule has 7 nitrogen and oxygen atoms in total. The molecule has 0 unspecified atom stereocenters. The lowest BCUT2D eigenvalue weighted by Gasteiger charge is -2.21. The lowest BCUT2D eigenvalue weighted by Crippen LogP contribution is -2.42. The van der Waals surface area contributed by atoms with E-state index >= 15 is 0 Å². The number of aliphatic hydroxyl groups excluding tert-OH is 3. The number of nitrogens with two attached hydrogens (primary N) is 1. The second kappa shape index (κ2) is 6.83. The third-order valence-electron chi connectivity index (χ3n) is 2.44. The Kier molecular flexibility index (Phi) is 5.43. The number of benzene rings is 1. The van der Waals surface area contributed by atoms with E-state index in [4.69, 9.17) is 15.6 Å². The zero-order valence-electron chi connectivity index (χ0n) is 9.97. The number of hydrogen-bond donors (Lipinski definition) is 4. The standard InChI is InChI=1S/C12H15NO6/c13-8-3-1-7(2-4-8)12(18)19-10(6-15)11(17)9(16)5-14/h1-4,6,9-11,14,16-17H,5,13H2/t9-,10+,11+/m1/s1. The SMILES string of the molecule is Nc1ccc(C(=O)O[C@@H](C=O)[C@@H](O)[C@H](O)CO)cc1. The zero-order valence-corrected chi connectivity index (χ0v) is 9.97. The Morgan fingerprint density at radius 1 is 1.32 bits per heavy atom. The van der Waals surface area contributed by atoms with Crippen LogP contribution < -0.4 is 5.73 Å². The maximum Gasteiger partial charge on any atom is 0.338 e. The lowest BCUT2D eigenvalue weighted by atomic mass is 10.1. The minimum atomic E-state index is -1.69. The molecule has 0 saturated heterocycles. The molecule has 104 valence electrons. The van der Waals surface area contributed by atoms with Crippen molar-refractivity contribution in [3.05, 3.63) is 29.8 Å². The van der Waals surface area contributed by atoms with Gasteiger partial charge in [0.2, 0.25) is 0 Å². The Labute approximate surface area is 109 Å². The van der Waals surface area contributed by atoms with Crippen LogP contribution in [-0.4, -0.2) is 52.5 Å². The van der Waals surface area contributed by atoms with Gasteiger partial charge in [-0.15, -0.1) is 0 Å². The van der Waals surface area contributed by atoms with E-state index in [1.165, 1.54) is 24.3 Å². The number of nitrogen functional groups attached to an aromatic ring is 1. The fourth-order valence-corrected chi connectivity index (χ4v) is 1.32. The van der Waals surface area contributed by atoms with Crippen molar-refractivity contribution in [3.8, 4) is 0 Å². The molecule has 0 bridgehead atoms. The molecule has 0 saturated carbocycles. The van der Waals surface area contributed by atoms with Crippen molar-refractivity contribution in [3.63, 3.8) is 0 Å². The highest BCUT2D eigenvalue weighted by Gasteiger charge is 2.29. The quantitative estimate of drug-likeness (QED) is 0.287. The van der Waals surface area contributed by atoms with Gasteiger partial charge in [0, 0.05) is 5.69 Å². The van der Waals surface area contributed by atoms with E-state index in [1.807, 2.05) is 0 Å². The van der Waals surface area contributed by atoms with Gasteiger partial charge in [-0.3, -0.25) is 4.79 Å². The number of hydrogen-bond acceptors (Lipinski definition) is 7. The Bertz CT molecular complexity index is 432. The largest absolute Gasteiger partial charge is 0.448 e. The summed E-state index contributed by atoms with van der Waals surface area (Å²) >= 11 is 0. The van der Waals surface area contributed by atoms with Crippen LogP contribution in [0, 0.1) is 0 Å². The predicted molar refractivity (Wildman–Crippen MR) is 65.2 cm³/mol. The number of ether oxygens (including phenoxy) is 1. The van der Waals surface area contributed by atoms with E-state index in [1.54, 1.807) is 0 Å². The predicted octanol–water partition coefficient (Wildman–Crippen LogP) is -1.29. The van der Waals surface area contributed by atoms with Crippen molar-refractivity contribution in [2.24, 2.45) is 0 Å². The van der Waals surface area contributed by atoms with Crippen LogP contribution in [0.4, 0.5) is 5.69 Å². The molecule has 1 aromatic carbocycles. The summed E-state index contributed by atoms with van der Waals surface area (Å²) in [4.78, 5) is 22.4. The summed E-state index contributed by atoms with van der Waals surface area (Å²) in [5, 5.41) is 27.3. The molecule has 0 aliphatic carbocycles. The normalized spacial score (nSPS) is 15.3. The summed E-state index contributed by atoms with van der Waals surface area (Å²) in [5.74, 6) is -0.846. The molecule has 7 heteroatoms. The number of aldehydes is 1. The van der Waals surface area contributed by atoms with Crippen molar-refractivity contribution >= 4 is 17.9 Å². The van der Waals surface area contributed by atoms with Crippen LogP contribution in [0.1, 0.15) is 10.4 Å². The molecule has 0 amide bonds. The van der Waals surface area contributed by atoms with Crippen LogP contribution >= 0.6 is 0 Å². The third-order valence-corrected chi connectivity index (χ3v) is 2.44. The molecule has 5 N–H and O–H groups in total. The van der Waals surface area contributed by atoms with Crippen molar-refractivity contribution in [2.45, 2.75) is 18.3 Å². The van der Waals surface area contributed by atoms with Crippen LogP contribution in [0.5, 0.6) is 0 Å². The topological polar surface area (TPSA) is 130 Å². The molecule has 0 fully saturated rings. The Morgan fingerprint density at radius 3 is 2.37 bits per heavy atom. The molecule has 0 aliphatic rings. The second-order valence-corrected chi connectivity index (χ2v) is 3.87. The van der Waals surface area contributed by atoms with Gasteiger partial charge < -0.3 is 25.8 Å². The second-order valence-electron chi connectivity index (χ2n) is 3.87. The summed E-state index contributed by atoms with van der Waals surface area (Å²) in [6.07, 6.45) is -4.65. The van der Waals surface area contributed by atoms with Gasteiger partial charge in [0.1, 0.15) is 12.2 Å². The van der Waals surface area contributed by atoms with E-state index < -0.39 is 30.9 Å². The molecule has 1 aromatic rings. The number of aliphatic hydroxyl groups is 3. The van der Waals surface area contributed by atoms with Crippen molar-refractivity contribution in [2.75, 3.05) is 12.3 Å². The van der Waals surface area contributed by atoms with Gasteiger partial charge in [0.05, 0.1) is 12.2 Å². The molecule has 0 heterocycles. The molecular formula is C12H15NO6. The van der Waals surface area contributed by atoms with E-state index in [-0.39, 0.29) is 11.8 Å². The molecule has 19 heavy (non-hydrogen) atoms. The lowest BCUT2D eigenvalue weighted by molar-refractivity contribution is -0.129. The van der Waals surface area contributed by atoms with Crippen LogP contribution in [0.2, 0.25) is 0 Å². The summed E-state index contributed by atoms with van der Waals surface area (Å²) < 4.78 is 4.74. The smallest absolute Gasteiger partial charge is 0.338 e. The number of anilines is 1. The van der Waals surface area contributed by atoms with E-state index in [2.05, 4.69) is 0 Å². The summed E-state index contributed by atoms with van der Waals surface area (Å²) in [7, 11) is 0. The van der Waals surface area contributed by atoms with Gasteiger partial charge >= 0.3 is 5.97 Å². The van der Waals surface area contributed by atoms with Gasteiger partial charge in [-0.25, -0.2) is 4.79 Å². The van der Waals surface area contributed by atoms with Gasteiger partial charge in [-0.2, -0.15) is 0 Å². The highest BCUT2D eigenvalue weighted by Crippen LogP contribution is 2.10. The summed E-state index contributed by atoms with van der Waals surface area (Å²) in [6.45, 7) is -0.759. The molecule has 1 rings (SSSR count). The fourth-order valence-electron chi connectivity index (χ4n) is 1.32. The molecule has 0 radical (unpaired) electrons. The number of esters is 1. The highest BCUT2D eigenvalue weighted by molar-refractivity contribution is 5.90. The summed E-state index contributed by atoms with van der Waals surface area (Å²) in [6, 6.07) is 5.75. The van der Waals surface area contributed by atoms with Crippen LogP contribution in [0.3, 0.4) is 0 Å². The van der Waals surface area contributed by atoms with Gasteiger partial charge in [-0.05, 0) is 24.3 Å². The number of carbonyl (C=O) groups excluding carboxylic acids is 2. The maximum absolute atomic E-state index is 11.7. The van der Waals surface area contributed by atoms with Crippen LogP contribution in [-0.2, 0) is 9.53 Å². The van der Waals surface area contributed by atoms with Crippen molar-refractivity contribution in [1.82, 2.24) is 0 Å². The average molecular weight is 269 g/mol. The van der Waals surface area contributed by atoms with Crippen LogP contribution in [0.25, 0.3) is 0 Å². The first-order valence-electron chi connectivity index (χ1n) is 5.48. The third kappa shape index (κ3) is 4.02. The molecule has 0 spiro atoms. The van der Waals surface area contributed by atoms with Gasteiger partial charge in [-0.1, -0.05) is 0 Å². The van der Waals surface area contributed by atoms with E-state index in [0.29, 0.717) is 5.69 Å². The fraction of sp³-hybridized carbons (Fsp3) is 0.333. The first-order valence-corrected chi connectivity index (χ1v) is 5.48. The molecule has 0 aliphatic heterocycles. The minimum absolute atomic E-state index is 0.145. The van der Waals surface area contributed by atoms with Crippen molar-refractivity contribution in [1.29, 1.82) is 0 Å². The van der Waals surface area contributed by atoms with E-state index in [9.17, 15) is 19.8 Å². The van der Waals surface area contributed by atoms with E-state index in [0.717, 1.165) is 0 Å². The number of rotatable bonds is 6. The van der Waals surface area contributed by atoms with Crippen molar-refractivity contribution < 1.29 is 29.6 Å². The Balaban J connectivity index is 2.73. The zero-order chi connectivity index (χ0) is 14.4. The first-order chi connectivity index (χ1) is 8.99. The Morgan fingerprint density at radius 2 is 1.89 bits per heavy atom. The average Bonchev–Trinajstić information content (AvgIpc) is 2.43.